The zero-order valence-corrected chi connectivity index (χ0v) is 15.3. The van der Waals surface area contributed by atoms with Crippen LogP contribution in [0.5, 0.6) is 5.75 Å². The summed E-state index contributed by atoms with van der Waals surface area (Å²) >= 11 is 0. The SMILES string of the molecule is COCOc1cc(F)ccc1-c1cc(-c2cccc([N+](=O)[O-])c2)c(C#N)c(N)n1. The monoisotopic (exact) mass is 394 g/mol. The van der Waals surface area contributed by atoms with E-state index in [4.69, 9.17) is 15.2 Å². The molecule has 0 fully saturated rings. The molecule has 0 atom stereocenters. The molecule has 29 heavy (non-hydrogen) atoms. The molecule has 0 radical (unpaired) electrons. The van der Waals surface area contributed by atoms with Gasteiger partial charge in [-0.05, 0) is 23.8 Å². The fraction of sp³-hybridized carbons (Fsp3) is 0.100. The van der Waals surface area contributed by atoms with Gasteiger partial charge < -0.3 is 15.2 Å². The zero-order valence-electron chi connectivity index (χ0n) is 15.3. The van der Waals surface area contributed by atoms with Crippen molar-refractivity contribution in [1.82, 2.24) is 4.98 Å². The zero-order chi connectivity index (χ0) is 21.0. The molecule has 0 unspecified atom stereocenters. The Morgan fingerprint density at radius 1 is 1.24 bits per heavy atom. The van der Waals surface area contributed by atoms with Crippen LogP contribution in [-0.4, -0.2) is 23.8 Å². The third-order valence-electron chi connectivity index (χ3n) is 4.08. The highest BCUT2D eigenvalue weighted by Crippen LogP contribution is 2.36. The van der Waals surface area contributed by atoms with Crippen LogP contribution in [-0.2, 0) is 4.74 Å². The van der Waals surface area contributed by atoms with Crippen molar-refractivity contribution in [2.45, 2.75) is 0 Å². The van der Waals surface area contributed by atoms with E-state index in [1.54, 1.807) is 12.1 Å². The predicted octanol–water partition coefficient (Wildman–Crippen LogP) is 3.90. The quantitative estimate of drug-likeness (QED) is 0.382. The lowest BCUT2D eigenvalue weighted by molar-refractivity contribution is -0.384. The van der Waals surface area contributed by atoms with Crippen LogP contribution in [0.15, 0.2) is 48.5 Å². The first-order valence-electron chi connectivity index (χ1n) is 8.31. The van der Waals surface area contributed by atoms with Gasteiger partial charge in [0.15, 0.2) is 6.79 Å². The third kappa shape index (κ3) is 4.12. The molecule has 8 nitrogen and oxygen atoms in total. The predicted molar refractivity (Wildman–Crippen MR) is 103 cm³/mol. The van der Waals surface area contributed by atoms with Crippen molar-refractivity contribution in [1.29, 1.82) is 5.26 Å². The maximum Gasteiger partial charge on any atom is 0.270 e. The summed E-state index contributed by atoms with van der Waals surface area (Å²) in [4.78, 5) is 14.8. The van der Waals surface area contributed by atoms with Gasteiger partial charge in [-0.15, -0.1) is 0 Å². The van der Waals surface area contributed by atoms with E-state index >= 15 is 0 Å². The standard InChI is InChI=1S/C20H15FN4O4/c1-28-11-29-19-8-13(21)5-6-15(19)18-9-16(17(10-22)20(23)24-18)12-3-2-4-14(7-12)25(26)27/h2-9H,11H2,1H3,(H2,23,24). The number of anilines is 1. The molecule has 9 heteroatoms. The number of rotatable bonds is 6. The van der Waals surface area contributed by atoms with Crippen LogP contribution in [0.1, 0.15) is 5.56 Å². The fourth-order valence-corrected chi connectivity index (χ4v) is 2.78. The smallest absolute Gasteiger partial charge is 0.270 e. The van der Waals surface area contributed by atoms with E-state index < -0.39 is 10.7 Å². The molecule has 0 saturated heterocycles. The molecule has 2 aromatic carbocycles. The molecule has 0 amide bonds. The molecule has 0 bridgehead atoms. The summed E-state index contributed by atoms with van der Waals surface area (Å²) in [5.41, 5.74) is 7.45. The van der Waals surface area contributed by atoms with Crippen molar-refractivity contribution in [2.24, 2.45) is 0 Å². The Hall–Kier alpha value is -4.03. The van der Waals surface area contributed by atoms with Crippen LogP contribution in [0, 0.1) is 27.3 Å². The molecular weight excluding hydrogens is 379 g/mol. The minimum atomic E-state index is -0.530. The van der Waals surface area contributed by atoms with Gasteiger partial charge >= 0.3 is 0 Å². The lowest BCUT2D eigenvalue weighted by Crippen LogP contribution is -2.03. The summed E-state index contributed by atoms with van der Waals surface area (Å²) in [6, 6.07) is 13.2. The average Bonchev–Trinajstić information content (AvgIpc) is 2.71. The highest BCUT2D eigenvalue weighted by atomic mass is 19.1. The number of benzene rings is 2. The summed E-state index contributed by atoms with van der Waals surface area (Å²) in [5.74, 6) is -0.401. The van der Waals surface area contributed by atoms with E-state index in [0.717, 1.165) is 0 Å². The summed E-state index contributed by atoms with van der Waals surface area (Å²) in [7, 11) is 1.43. The lowest BCUT2D eigenvalue weighted by Gasteiger charge is -2.14. The molecule has 0 aliphatic heterocycles. The summed E-state index contributed by atoms with van der Waals surface area (Å²) in [6.07, 6.45) is 0. The van der Waals surface area contributed by atoms with Crippen LogP contribution in [0.25, 0.3) is 22.4 Å². The minimum absolute atomic E-state index is 0.0616. The molecule has 0 spiro atoms. The largest absolute Gasteiger partial charge is 0.467 e. The number of nitrogens with two attached hydrogens (primary N) is 1. The van der Waals surface area contributed by atoms with Crippen molar-refractivity contribution in [3.8, 4) is 34.2 Å². The number of hydrogen-bond acceptors (Lipinski definition) is 7. The number of ether oxygens (including phenoxy) is 2. The van der Waals surface area contributed by atoms with E-state index in [0.29, 0.717) is 22.4 Å². The molecule has 146 valence electrons. The van der Waals surface area contributed by atoms with Crippen LogP contribution < -0.4 is 10.5 Å². The number of nitriles is 1. The maximum absolute atomic E-state index is 13.7. The van der Waals surface area contributed by atoms with Gasteiger partial charge in [0.05, 0.1) is 10.6 Å². The number of non-ortho nitro benzene ring substituents is 1. The Morgan fingerprint density at radius 2 is 2.03 bits per heavy atom. The number of nitro groups is 1. The van der Waals surface area contributed by atoms with Crippen molar-refractivity contribution < 1.29 is 18.8 Å². The first-order valence-corrected chi connectivity index (χ1v) is 8.31. The number of hydrogen-bond donors (Lipinski definition) is 1. The normalized spacial score (nSPS) is 10.4. The van der Waals surface area contributed by atoms with E-state index in [9.17, 15) is 19.8 Å². The minimum Gasteiger partial charge on any atom is -0.467 e. The van der Waals surface area contributed by atoms with Crippen molar-refractivity contribution in [2.75, 3.05) is 19.6 Å². The van der Waals surface area contributed by atoms with Crippen LogP contribution in [0.3, 0.4) is 0 Å². The number of methoxy groups -OCH3 is 1. The molecular formula is C20H15FN4O4. The van der Waals surface area contributed by atoms with Crippen LogP contribution in [0.4, 0.5) is 15.9 Å². The lowest BCUT2D eigenvalue weighted by atomic mass is 9.98. The molecule has 0 aliphatic carbocycles. The second kappa shape index (κ2) is 8.33. The van der Waals surface area contributed by atoms with Gasteiger partial charge in [-0.25, -0.2) is 9.37 Å². The molecule has 3 rings (SSSR count). The Labute approximate surface area is 165 Å². The summed E-state index contributed by atoms with van der Waals surface area (Å²) in [6.45, 7) is -0.111. The first kappa shape index (κ1) is 19.7. The van der Waals surface area contributed by atoms with Gasteiger partial charge in [-0.1, -0.05) is 12.1 Å². The van der Waals surface area contributed by atoms with Gasteiger partial charge in [0.2, 0.25) is 0 Å². The van der Waals surface area contributed by atoms with Crippen molar-refractivity contribution in [3.05, 3.63) is 70.0 Å². The highest BCUT2D eigenvalue weighted by molar-refractivity contribution is 5.82. The topological polar surface area (TPSA) is 124 Å². The van der Waals surface area contributed by atoms with Crippen molar-refractivity contribution in [3.63, 3.8) is 0 Å². The summed E-state index contributed by atoms with van der Waals surface area (Å²) < 4.78 is 24.0. The third-order valence-corrected chi connectivity index (χ3v) is 4.08. The highest BCUT2D eigenvalue weighted by Gasteiger charge is 2.18. The van der Waals surface area contributed by atoms with E-state index in [-0.39, 0.29) is 29.6 Å². The second-order valence-electron chi connectivity index (χ2n) is 5.93. The molecule has 2 N–H and O–H groups in total. The second-order valence-corrected chi connectivity index (χ2v) is 5.93. The number of nitro benzene ring substituents is 1. The average molecular weight is 394 g/mol. The van der Waals surface area contributed by atoms with Gasteiger partial charge in [-0.3, -0.25) is 10.1 Å². The Bertz CT molecular complexity index is 1130. The van der Waals surface area contributed by atoms with Gasteiger partial charge in [0.25, 0.3) is 5.69 Å². The molecule has 0 aliphatic rings. The summed E-state index contributed by atoms with van der Waals surface area (Å²) in [5, 5.41) is 20.6. The van der Waals surface area contributed by atoms with E-state index in [1.165, 1.54) is 43.5 Å². The Kier molecular flexibility index (Phi) is 5.66. The van der Waals surface area contributed by atoms with Gasteiger partial charge in [0, 0.05) is 36.4 Å². The van der Waals surface area contributed by atoms with E-state index in [2.05, 4.69) is 4.98 Å². The molecule has 3 aromatic rings. The maximum atomic E-state index is 13.7. The number of aromatic nitrogens is 1. The number of nitrogen functional groups attached to an aromatic ring is 1. The first-order chi connectivity index (χ1) is 13.9. The van der Waals surface area contributed by atoms with Crippen molar-refractivity contribution >= 4 is 11.5 Å². The number of halogens is 1. The Morgan fingerprint density at radius 3 is 2.72 bits per heavy atom. The molecule has 1 heterocycles. The number of pyridine rings is 1. The van der Waals surface area contributed by atoms with E-state index in [1.807, 2.05) is 6.07 Å². The molecule has 1 aromatic heterocycles. The van der Waals surface area contributed by atoms with Crippen LogP contribution >= 0.6 is 0 Å². The fourth-order valence-electron chi connectivity index (χ4n) is 2.78. The van der Waals surface area contributed by atoms with Crippen LogP contribution in [0.2, 0.25) is 0 Å². The molecule has 0 saturated carbocycles. The number of nitrogens with zero attached hydrogens (tertiary/aromatic N) is 3. The van der Waals surface area contributed by atoms with Gasteiger partial charge in [0.1, 0.15) is 29.0 Å². The Balaban J connectivity index is 2.21. The van der Waals surface area contributed by atoms with Gasteiger partial charge in [-0.2, -0.15) is 5.26 Å².